The van der Waals surface area contributed by atoms with Crippen LogP contribution in [0.25, 0.3) is 0 Å². The Hall–Kier alpha value is -2.71. The van der Waals surface area contributed by atoms with Crippen LogP contribution in [0, 0.1) is 0 Å². The smallest absolute Gasteiger partial charge is 0.503 e. The highest BCUT2D eigenvalue weighted by atomic mass is 19.4. The monoisotopic (exact) mass is 317 g/mol. The third-order valence-corrected chi connectivity index (χ3v) is 2.89. The number of hydrogen-bond donors (Lipinski definition) is 2. The maximum Gasteiger partial charge on any atom is 0.573 e. The average Bonchev–Trinajstić information content (AvgIpc) is 2.73. The first-order valence-corrected chi connectivity index (χ1v) is 5.91. The van der Waals surface area contributed by atoms with Gasteiger partial charge >= 0.3 is 12.3 Å². The molecular formula is C13H10F3NO5. The predicted octanol–water partition coefficient (Wildman–Crippen LogP) is 1.74. The van der Waals surface area contributed by atoms with Crippen LogP contribution in [0.5, 0.6) is 5.75 Å². The number of esters is 1. The molecule has 1 atom stereocenters. The zero-order valence-electron chi connectivity index (χ0n) is 11.1. The van der Waals surface area contributed by atoms with Gasteiger partial charge in [-0.25, -0.2) is 4.79 Å². The Labute approximate surface area is 122 Å². The van der Waals surface area contributed by atoms with Gasteiger partial charge in [0.15, 0.2) is 5.76 Å². The number of halogens is 3. The Balaban J connectivity index is 2.28. The van der Waals surface area contributed by atoms with Gasteiger partial charge in [-0.15, -0.1) is 13.2 Å². The maximum absolute atomic E-state index is 12.1. The van der Waals surface area contributed by atoms with E-state index in [1.54, 1.807) is 0 Å². The van der Waals surface area contributed by atoms with E-state index < -0.39 is 35.8 Å². The molecule has 0 fully saturated rings. The van der Waals surface area contributed by atoms with E-state index in [0.29, 0.717) is 0 Å². The van der Waals surface area contributed by atoms with Crippen LogP contribution in [-0.4, -0.2) is 30.5 Å². The average molecular weight is 317 g/mol. The van der Waals surface area contributed by atoms with Gasteiger partial charge in [0.1, 0.15) is 11.3 Å². The summed E-state index contributed by atoms with van der Waals surface area (Å²) in [6.07, 6.45) is -4.82. The molecule has 0 radical (unpaired) electrons. The topological polar surface area (TPSA) is 84.9 Å². The number of benzene rings is 1. The summed E-state index contributed by atoms with van der Waals surface area (Å²) in [7, 11) is 1.07. The van der Waals surface area contributed by atoms with Gasteiger partial charge < -0.3 is 19.9 Å². The number of amides is 1. The largest absolute Gasteiger partial charge is 0.573 e. The molecule has 1 aliphatic rings. The maximum atomic E-state index is 12.1. The summed E-state index contributed by atoms with van der Waals surface area (Å²) < 4.78 is 44.4. The molecule has 1 aromatic carbocycles. The van der Waals surface area contributed by atoms with E-state index in [9.17, 15) is 27.9 Å². The molecule has 0 saturated heterocycles. The van der Waals surface area contributed by atoms with Crippen LogP contribution in [0.2, 0.25) is 0 Å². The molecule has 1 aromatic rings. The molecule has 2 N–H and O–H groups in total. The highest BCUT2D eigenvalue weighted by molar-refractivity contribution is 6.06. The first-order valence-electron chi connectivity index (χ1n) is 5.91. The summed E-state index contributed by atoms with van der Waals surface area (Å²) in [6.45, 7) is 0. The fourth-order valence-corrected chi connectivity index (χ4v) is 1.97. The second kappa shape index (κ2) is 5.58. The summed E-state index contributed by atoms with van der Waals surface area (Å²) in [4.78, 5) is 23.0. The fourth-order valence-electron chi connectivity index (χ4n) is 1.97. The van der Waals surface area contributed by atoms with Crippen molar-refractivity contribution in [3.05, 3.63) is 41.2 Å². The number of rotatable bonds is 3. The molecule has 0 aliphatic carbocycles. The quantitative estimate of drug-likeness (QED) is 0.830. The van der Waals surface area contributed by atoms with Gasteiger partial charge in [-0.2, -0.15) is 0 Å². The third-order valence-electron chi connectivity index (χ3n) is 2.89. The van der Waals surface area contributed by atoms with Crippen molar-refractivity contribution in [2.45, 2.75) is 12.4 Å². The van der Waals surface area contributed by atoms with Crippen molar-refractivity contribution in [3.8, 4) is 5.75 Å². The lowest BCUT2D eigenvalue weighted by Gasteiger charge is -2.15. The van der Waals surface area contributed by atoms with Crippen molar-refractivity contribution < 1.29 is 37.3 Å². The number of carbonyl (C=O) groups is 2. The minimum Gasteiger partial charge on any atom is -0.503 e. The molecular weight excluding hydrogens is 307 g/mol. The van der Waals surface area contributed by atoms with E-state index in [1.807, 2.05) is 0 Å². The summed E-state index contributed by atoms with van der Waals surface area (Å²) in [6, 6.07) is 3.50. The second-order valence-electron chi connectivity index (χ2n) is 4.28. The first kappa shape index (κ1) is 15.7. The molecule has 1 heterocycles. The number of aliphatic hydroxyl groups excluding tert-OH is 1. The highest BCUT2D eigenvalue weighted by Gasteiger charge is 2.38. The molecule has 6 nitrogen and oxygen atoms in total. The summed E-state index contributed by atoms with van der Waals surface area (Å²) in [5.41, 5.74) is -0.0238. The van der Waals surface area contributed by atoms with Crippen LogP contribution < -0.4 is 10.1 Å². The van der Waals surface area contributed by atoms with E-state index in [1.165, 1.54) is 12.1 Å². The van der Waals surface area contributed by atoms with E-state index in [-0.39, 0.29) is 11.1 Å². The number of hydrogen-bond acceptors (Lipinski definition) is 5. The molecule has 1 amide bonds. The first-order chi connectivity index (χ1) is 10.2. The van der Waals surface area contributed by atoms with Gasteiger partial charge in [-0.05, 0) is 17.7 Å². The molecule has 2 rings (SSSR count). The number of carbonyl (C=O) groups excluding carboxylic acids is 2. The Bertz CT molecular complexity index is 636. The van der Waals surface area contributed by atoms with Gasteiger partial charge in [0, 0.05) is 0 Å². The standard InChI is InChI=1S/C13H10F3NO5/c1-21-12(20)8-9(17-11(19)10(8)18)6-2-4-7(5-3-6)22-13(14,15)16/h2-5,9,18H,1H3,(H,17,19). The van der Waals surface area contributed by atoms with Crippen LogP contribution >= 0.6 is 0 Å². The lowest BCUT2D eigenvalue weighted by Crippen LogP contribution is -2.24. The molecule has 0 spiro atoms. The van der Waals surface area contributed by atoms with Crippen molar-refractivity contribution in [2.24, 2.45) is 0 Å². The van der Waals surface area contributed by atoms with Crippen LogP contribution in [0.1, 0.15) is 11.6 Å². The molecule has 22 heavy (non-hydrogen) atoms. The number of methoxy groups -OCH3 is 1. The fraction of sp³-hybridized carbons (Fsp3) is 0.231. The van der Waals surface area contributed by atoms with E-state index in [2.05, 4.69) is 14.8 Å². The Morgan fingerprint density at radius 2 is 1.86 bits per heavy atom. The Morgan fingerprint density at radius 3 is 2.36 bits per heavy atom. The molecule has 9 heteroatoms. The molecule has 0 saturated carbocycles. The van der Waals surface area contributed by atoms with Gasteiger partial charge in [0.05, 0.1) is 13.2 Å². The number of alkyl halides is 3. The molecule has 1 aliphatic heterocycles. The van der Waals surface area contributed by atoms with Crippen molar-refractivity contribution in [3.63, 3.8) is 0 Å². The van der Waals surface area contributed by atoms with Gasteiger partial charge in [0.2, 0.25) is 0 Å². The van der Waals surface area contributed by atoms with Crippen LogP contribution in [-0.2, 0) is 14.3 Å². The highest BCUT2D eigenvalue weighted by Crippen LogP contribution is 2.31. The van der Waals surface area contributed by atoms with Crippen LogP contribution in [0.4, 0.5) is 13.2 Å². The number of ether oxygens (including phenoxy) is 2. The van der Waals surface area contributed by atoms with Crippen molar-refractivity contribution in [2.75, 3.05) is 7.11 Å². The minimum atomic E-state index is -4.82. The van der Waals surface area contributed by atoms with Crippen molar-refractivity contribution in [1.29, 1.82) is 0 Å². The zero-order chi connectivity index (χ0) is 16.5. The predicted molar refractivity (Wildman–Crippen MR) is 65.7 cm³/mol. The van der Waals surface area contributed by atoms with Gasteiger partial charge in [-0.1, -0.05) is 12.1 Å². The van der Waals surface area contributed by atoms with Crippen LogP contribution in [0.3, 0.4) is 0 Å². The SMILES string of the molecule is COC(=O)C1=C(O)C(=O)NC1c1ccc(OC(F)(F)F)cc1. The summed E-state index contributed by atoms with van der Waals surface area (Å²) in [5.74, 6) is -3.03. The van der Waals surface area contributed by atoms with Gasteiger partial charge in [0.25, 0.3) is 5.91 Å². The van der Waals surface area contributed by atoms with Gasteiger partial charge in [-0.3, -0.25) is 4.79 Å². The van der Waals surface area contributed by atoms with E-state index in [4.69, 9.17) is 0 Å². The second-order valence-corrected chi connectivity index (χ2v) is 4.28. The van der Waals surface area contributed by atoms with Crippen molar-refractivity contribution in [1.82, 2.24) is 5.32 Å². The zero-order valence-corrected chi connectivity index (χ0v) is 11.1. The number of nitrogens with one attached hydrogen (secondary N) is 1. The molecule has 0 bridgehead atoms. The third kappa shape index (κ3) is 3.13. The lowest BCUT2D eigenvalue weighted by molar-refractivity contribution is -0.274. The molecule has 1 unspecified atom stereocenters. The number of aliphatic hydroxyl groups is 1. The van der Waals surface area contributed by atoms with Crippen molar-refractivity contribution >= 4 is 11.9 Å². The summed E-state index contributed by atoms with van der Waals surface area (Å²) >= 11 is 0. The lowest BCUT2D eigenvalue weighted by atomic mass is 10.0. The van der Waals surface area contributed by atoms with Crippen LogP contribution in [0.15, 0.2) is 35.6 Å². The molecule has 118 valence electrons. The normalized spacial score (nSPS) is 18.2. The van der Waals surface area contributed by atoms with E-state index >= 15 is 0 Å². The minimum absolute atomic E-state index is 0.285. The summed E-state index contributed by atoms with van der Waals surface area (Å²) in [5, 5.41) is 11.9. The van der Waals surface area contributed by atoms with E-state index in [0.717, 1.165) is 19.2 Å². The Kier molecular flexibility index (Phi) is 3.98. The molecule has 0 aromatic heterocycles. The Morgan fingerprint density at radius 1 is 1.27 bits per heavy atom.